The molecule has 5 nitrogen and oxygen atoms in total. The van der Waals surface area contributed by atoms with Crippen molar-refractivity contribution in [3.8, 4) is 5.75 Å². The zero-order chi connectivity index (χ0) is 21.1. The fourth-order valence-electron chi connectivity index (χ4n) is 3.13. The Balaban J connectivity index is 2.33. The van der Waals surface area contributed by atoms with Gasteiger partial charge < -0.3 is 15.0 Å². The lowest BCUT2D eigenvalue weighted by Gasteiger charge is -2.31. The van der Waals surface area contributed by atoms with Gasteiger partial charge in [-0.3, -0.25) is 9.59 Å². The number of carbonyl (C=O) groups is 2. The van der Waals surface area contributed by atoms with Gasteiger partial charge in [-0.1, -0.05) is 55.5 Å². The van der Waals surface area contributed by atoms with Crippen molar-refractivity contribution in [1.82, 2.24) is 10.2 Å². The van der Waals surface area contributed by atoms with E-state index in [1.54, 1.807) is 18.1 Å². The number of rotatable bonds is 11. The van der Waals surface area contributed by atoms with E-state index < -0.39 is 6.04 Å². The van der Waals surface area contributed by atoms with Gasteiger partial charge >= 0.3 is 0 Å². The first kappa shape index (κ1) is 22.2. The van der Waals surface area contributed by atoms with Gasteiger partial charge in [0.1, 0.15) is 11.8 Å². The molecule has 0 aliphatic carbocycles. The fraction of sp³-hybridized carbons (Fsp3) is 0.333. The standard InChI is InChI=1S/C24H30N2O3/c1-4-9-23(27)26(18-20-12-14-21(29-3)15-13-20)22(24(28)25-16-5-2)17-19-10-7-6-8-11-19/h5-8,10-15,22H,2,4,9,16-18H2,1,3H3,(H,25,28)/t22-/m0/s1. The van der Waals surface area contributed by atoms with Crippen molar-refractivity contribution in [2.75, 3.05) is 13.7 Å². The summed E-state index contributed by atoms with van der Waals surface area (Å²) in [5, 5.41) is 2.86. The topological polar surface area (TPSA) is 58.6 Å². The molecule has 0 aliphatic heterocycles. The number of nitrogens with one attached hydrogen (secondary N) is 1. The van der Waals surface area contributed by atoms with Gasteiger partial charge in [-0.05, 0) is 29.7 Å². The largest absolute Gasteiger partial charge is 0.497 e. The van der Waals surface area contributed by atoms with Crippen LogP contribution in [0.15, 0.2) is 67.3 Å². The monoisotopic (exact) mass is 394 g/mol. The van der Waals surface area contributed by atoms with Gasteiger partial charge in [0.05, 0.1) is 7.11 Å². The molecule has 154 valence electrons. The van der Waals surface area contributed by atoms with E-state index in [1.807, 2.05) is 61.5 Å². The molecule has 0 spiro atoms. The summed E-state index contributed by atoms with van der Waals surface area (Å²) in [5.41, 5.74) is 1.96. The lowest BCUT2D eigenvalue weighted by atomic mass is 10.0. The molecule has 0 heterocycles. The highest BCUT2D eigenvalue weighted by Gasteiger charge is 2.29. The Bertz CT molecular complexity index is 788. The van der Waals surface area contributed by atoms with Crippen molar-refractivity contribution in [3.63, 3.8) is 0 Å². The molecule has 0 saturated carbocycles. The van der Waals surface area contributed by atoms with Gasteiger partial charge in [0, 0.05) is 25.9 Å². The Morgan fingerprint density at radius 3 is 2.38 bits per heavy atom. The van der Waals surface area contributed by atoms with Crippen molar-refractivity contribution in [3.05, 3.63) is 78.4 Å². The van der Waals surface area contributed by atoms with E-state index in [9.17, 15) is 9.59 Å². The van der Waals surface area contributed by atoms with E-state index in [2.05, 4.69) is 11.9 Å². The number of carbonyl (C=O) groups excluding carboxylic acids is 2. The van der Waals surface area contributed by atoms with Gasteiger partial charge in [0.25, 0.3) is 0 Å². The molecular weight excluding hydrogens is 364 g/mol. The molecule has 29 heavy (non-hydrogen) atoms. The first-order chi connectivity index (χ1) is 14.1. The van der Waals surface area contributed by atoms with Crippen molar-refractivity contribution < 1.29 is 14.3 Å². The number of nitrogens with zero attached hydrogens (tertiary/aromatic N) is 1. The molecular formula is C24H30N2O3. The molecule has 0 radical (unpaired) electrons. The summed E-state index contributed by atoms with van der Waals surface area (Å²) in [7, 11) is 1.62. The first-order valence-corrected chi connectivity index (χ1v) is 9.94. The van der Waals surface area contributed by atoms with E-state index in [4.69, 9.17) is 4.74 Å². The average molecular weight is 395 g/mol. The first-order valence-electron chi connectivity index (χ1n) is 9.94. The molecule has 0 bridgehead atoms. The minimum absolute atomic E-state index is 0.0296. The van der Waals surface area contributed by atoms with Crippen molar-refractivity contribution >= 4 is 11.8 Å². The van der Waals surface area contributed by atoms with Crippen LogP contribution >= 0.6 is 0 Å². The van der Waals surface area contributed by atoms with Gasteiger partial charge in [-0.15, -0.1) is 6.58 Å². The quantitative estimate of drug-likeness (QED) is 0.591. The molecule has 5 heteroatoms. The average Bonchev–Trinajstić information content (AvgIpc) is 2.75. The molecule has 2 aromatic rings. The fourth-order valence-corrected chi connectivity index (χ4v) is 3.13. The number of amides is 2. The van der Waals surface area contributed by atoms with Crippen LogP contribution in [0.5, 0.6) is 5.75 Å². The van der Waals surface area contributed by atoms with Gasteiger partial charge in [0.15, 0.2) is 0 Å². The van der Waals surface area contributed by atoms with E-state index in [-0.39, 0.29) is 11.8 Å². The van der Waals surface area contributed by atoms with E-state index in [0.29, 0.717) is 25.9 Å². The van der Waals surface area contributed by atoms with Crippen LogP contribution in [-0.4, -0.2) is 36.4 Å². The van der Waals surface area contributed by atoms with Crippen LogP contribution < -0.4 is 10.1 Å². The van der Waals surface area contributed by atoms with Crippen LogP contribution in [0.25, 0.3) is 0 Å². The van der Waals surface area contributed by atoms with Crippen LogP contribution in [0, 0.1) is 0 Å². The number of hydrogen-bond acceptors (Lipinski definition) is 3. The van der Waals surface area contributed by atoms with E-state index >= 15 is 0 Å². The minimum atomic E-state index is -0.599. The molecule has 0 aliphatic rings. The molecule has 2 amide bonds. The molecule has 2 rings (SSSR count). The smallest absolute Gasteiger partial charge is 0.243 e. The molecule has 0 aromatic heterocycles. The summed E-state index contributed by atoms with van der Waals surface area (Å²) in [6, 6.07) is 16.7. The van der Waals surface area contributed by atoms with Crippen molar-refractivity contribution in [1.29, 1.82) is 0 Å². The second-order valence-corrected chi connectivity index (χ2v) is 6.86. The Labute approximate surface area is 173 Å². The molecule has 2 aromatic carbocycles. The highest BCUT2D eigenvalue weighted by Crippen LogP contribution is 2.18. The lowest BCUT2D eigenvalue weighted by molar-refractivity contribution is -0.141. The van der Waals surface area contributed by atoms with E-state index in [0.717, 1.165) is 23.3 Å². The van der Waals surface area contributed by atoms with Gasteiger partial charge in [0.2, 0.25) is 11.8 Å². The maximum absolute atomic E-state index is 13.0. The van der Waals surface area contributed by atoms with Crippen LogP contribution in [0.4, 0.5) is 0 Å². The Kier molecular flexibility index (Phi) is 8.96. The van der Waals surface area contributed by atoms with Crippen molar-refractivity contribution in [2.24, 2.45) is 0 Å². The second-order valence-electron chi connectivity index (χ2n) is 6.86. The molecule has 1 N–H and O–H groups in total. The predicted octanol–water partition coefficient (Wildman–Crippen LogP) is 3.74. The second kappa shape index (κ2) is 11.7. The highest BCUT2D eigenvalue weighted by atomic mass is 16.5. The third-order valence-corrected chi connectivity index (χ3v) is 4.67. The normalized spacial score (nSPS) is 11.4. The molecule has 0 fully saturated rings. The summed E-state index contributed by atoms with van der Waals surface area (Å²) in [6.45, 7) is 6.35. The van der Waals surface area contributed by atoms with Gasteiger partial charge in [-0.2, -0.15) is 0 Å². The Hall–Kier alpha value is -3.08. The number of benzene rings is 2. The summed E-state index contributed by atoms with van der Waals surface area (Å²) < 4.78 is 5.22. The molecule has 0 saturated heterocycles. The number of ether oxygens (including phenoxy) is 1. The van der Waals surface area contributed by atoms with Crippen LogP contribution in [0.2, 0.25) is 0 Å². The summed E-state index contributed by atoms with van der Waals surface area (Å²) in [5.74, 6) is 0.550. The number of methoxy groups -OCH3 is 1. The molecule has 1 atom stereocenters. The summed E-state index contributed by atoms with van der Waals surface area (Å²) in [4.78, 5) is 27.6. The third-order valence-electron chi connectivity index (χ3n) is 4.67. The SMILES string of the molecule is C=CCNC(=O)[C@H](Cc1ccccc1)N(Cc1ccc(OC)cc1)C(=O)CCC. The van der Waals surface area contributed by atoms with Crippen LogP contribution in [-0.2, 0) is 22.6 Å². The number of hydrogen-bond donors (Lipinski definition) is 1. The zero-order valence-corrected chi connectivity index (χ0v) is 17.3. The van der Waals surface area contributed by atoms with Crippen LogP contribution in [0.3, 0.4) is 0 Å². The van der Waals surface area contributed by atoms with E-state index in [1.165, 1.54) is 0 Å². The summed E-state index contributed by atoms with van der Waals surface area (Å²) >= 11 is 0. The minimum Gasteiger partial charge on any atom is -0.497 e. The maximum Gasteiger partial charge on any atom is 0.243 e. The lowest BCUT2D eigenvalue weighted by Crippen LogP contribution is -2.50. The maximum atomic E-state index is 13.0. The highest BCUT2D eigenvalue weighted by molar-refractivity contribution is 5.88. The van der Waals surface area contributed by atoms with Gasteiger partial charge in [-0.25, -0.2) is 0 Å². The van der Waals surface area contributed by atoms with Crippen LogP contribution in [0.1, 0.15) is 30.9 Å². The van der Waals surface area contributed by atoms with Crippen molar-refractivity contribution in [2.45, 2.75) is 38.8 Å². The Morgan fingerprint density at radius 1 is 1.10 bits per heavy atom. The Morgan fingerprint density at radius 2 is 1.79 bits per heavy atom. The summed E-state index contributed by atoms with van der Waals surface area (Å²) in [6.07, 6.45) is 3.22. The third kappa shape index (κ3) is 6.79. The zero-order valence-electron chi connectivity index (χ0n) is 17.3. The predicted molar refractivity (Wildman–Crippen MR) is 116 cm³/mol. The molecule has 0 unspecified atom stereocenters.